The van der Waals surface area contributed by atoms with Crippen LogP contribution in [0.15, 0.2) is 24.4 Å². The van der Waals surface area contributed by atoms with Crippen LogP contribution in [0.1, 0.15) is 25.5 Å². The van der Waals surface area contributed by atoms with E-state index in [4.69, 9.17) is 17.3 Å². The van der Waals surface area contributed by atoms with E-state index >= 15 is 0 Å². The highest BCUT2D eigenvalue weighted by molar-refractivity contribution is 6.31. The Morgan fingerprint density at radius 2 is 2.07 bits per heavy atom. The summed E-state index contributed by atoms with van der Waals surface area (Å²) in [5.41, 5.74) is 8.36. The molecule has 2 rings (SSSR count). The predicted octanol–water partition coefficient (Wildman–Crippen LogP) is 3.48. The van der Waals surface area contributed by atoms with Crippen molar-refractivity contribution in [2.45, 2.75) is 19.9 Å². The fourth-order valence-corrected chi connectivity index (χ4v) is 1.92. The fourth-order valence-electron chi connectivity index (χ4n) is 1.75. The molecule has 1 aromatic carbocycles. The van der Waals surface area contributed by atoms with Crippen molar-refractivity contribution < 1.29 is 0 Å². The van der Waals surface area contributed by atoms with E-state index in [9.17, 15) is 0 Å². The molecule has 15 heavy (non-hydrogen) atoms. The fraction of sp³-hybridized carbons (Fsp3) is 0.333. The molecule has 1 atom stereocenters. The van der Waals surface area contributed by atoms with E-state index in [2.05, 4.69) is 18.8 Å². The third-order valence-electron chi connectivity index (χ3n) is 2.75. The van der Waals surface area contributed by atoms with Crippen LogP contribution in [0.25, 0.3) is 10.9 Å². The normalized spacial score (nSPS) is 13.7. The summed E-state index contributed by atoms with van der Waals surface area (Å²) >= 11 is 5.98. The first kappa shape index (κ1) is 10.5. The lowest BCUT2D eigenvalue weighted by Crippen LogP contribution is -2.16. The van der Waals surface area contributed by atoms with Crippen molar-refractivity contribution in [2.75, 3.05) is 0 Å². The summed E-state index contributed by atoms with van der Waals surface area (Å²) in [7, 11) is 0. The summed E-state index contributed by atoms with van der Waals surface area (Å²) in [5, 5.41) is 1.88. The molecule has 3 N–H and O–H groups in total. The molecule has 1 aromatic heterocycles. The van der Waals surface area contributed by atoms with Crippen molar-refractivity contribution >= 4 is 22.5 Å². The van der Waals surface area contributed by atoms with Crippen LogP contribution in [-0.2, 0) is 0 Å². The highest BCUT2D eigenvalue weighted by atomic mass is 35.5. The van der Waals surface area contributed by atoms with Crippen molar-refractivity contribution in [3.8, 4) is 0 Å². The third-order valence-corrected chi connectivity index (χ3v) is 2.99. The Balaban J connectivity index is 2.56. The summed E-state index contributed by atoms with van der Waals surface area (Å²) in [6.45, 7) is 4.24. The molecule has 0 aliphatic heterocycles. The molecule has 0 saturated carbocycles. The zero-order valence-electron chi connectivity index (χ0n) is 8.92. The molecule has 1 unspecified atom stereocenters. The van der Waals surface area contributed by atoms with Gasteiger partial charge in [-0.1, -0.05) is 25.4 Å². The molecule has 0 aliphatic carbocycles. The molecular formula is C12H15ClN2. The Morgan fingerprint density at radius 3 is 2.73 bits per heavy atom. The smallest absolute Gasteiger partial charge is 0.0458 e. The first-order valence-corrected chi connectivity index (χ1v) is 5.49. The van der Waals surface area contributed by atoms with Crippen molar-refractivity contribution in [3.63, 3.8) is 0 Å². The largest absolute Gasteiger partial charge is 0.361 e. The van der Waals surface area contributed by atoms with E-state index < -0.39 is 0 Å². The van der Waals surface area contributed by atoms with Gasteiger partial charge in [0.25, 0.3) is 0 Å². The number of hydrogen-bond donors (Lipinski definition) is 2. The van der Waals surface area contributed by atoms with E-state index in [0.717, 1.165) is 21.5 Å². The minimum absolute atomic E-state index is 0.0530. The summed E-state index contributed by atoms with van der Waals surface area (Å²) in [4.78, 5) is 3.21. The van der Waals surface area contributed by atoms with Gasteiger partial charge in [-0.05, 0) is 29.7 Å². The molecule has 2 nitrogen and oxygen atoms in total. The number of rotatable bonds is 2. The van der Waals surface area contributed by atoms with Gasteiger partial charge < -0.3 is 10.7 Å². The number of nitrogens with two attached hydrogens (primary N) is 1. The maximum Gasteiger partial charge on any atom is 0.0458 e. The lowest BCUT2D eigenvalue weighted by atomic mass is 9.97. The minimum Gasteiger partial charge on any atom is -0.361 e. The number of aromatic amines is 1. The second kappa shape index (κ2) is 3.87. The van der Waals surface area contributed by atoms with Gasteiger partial charge in [-0.15, -0.1) is 0 Å². The van der Waals surface area contributed by atoms with Crippen LogP contribution in [0.2, 0.25) is 5.02 Å². The third kappa shape index (κ3) is 1.87. The van der Waals surface area contributed by atoms with Gasteiger partial charge in [-0.25, -0.2) is 0 Å². The molecule has 0 saturated heterocycles. The van der Waals surface area contributed by atoms with E-state index in [1.165, 1.54) is 0 Å². The predicted molar refractivity (Wildman–Crippen MR) is 65.1 cm³/mol. The Hall–Kier alpha value is -0.990. The number of nitrogens with one attached hydrogen (secondary N) is 1. The number of halogens is 1. The van der Waals surface area contributed by atoms with Gasteiger partial charge >= 0.3 is 0 Å². The Kier molecular flexibility index (Phi) is 2.72. The molecule has 0 amide bonds. The number of benzene rings is 1. The zero-order valence-corrected chi connectivity index (χ0v) is 9.68. The monoisotopic (exact) mass is 222 g/mol. The minimum atomic E-state index is 0.0530. The molecule has 0 radical (unpaired) electrons. The Morgan fingerprint density at radius 1 is 1.33 bits per heavy atom. The van der Waals surface area contributed by atoms with Gasteiger partial charge in [0.05, 0.1) is 0 Å². The van der Waals surface area contributed by atoms with Gasteiger partial charge in [0.15, 0.2) is 0 Å². The van der Waals surface area contributed by atoms with E-state index in [1.54, 1.807) is 0 Å². The van der Waals surface area contributed by atoms with Crippen LogP contribution in [0.5, 0.6) is 0 Å². The molecule has 0 fully saturated rings. The number of hydrogen-bond acceptors (Lipinski definition) is 1. The van der Waals surface area contributed by atoms with E-state index in [1.807, 2.05) is 24.4 Å². The van der Waals surface area contributed by atoms with Crippen LogP contribution in [0.4, 0.5) is 0 Å². The maximum atomic E-state index is 6.14. The Labute approximate surface area is 94.4 Å². The van der Waals surface area contributed by atoms with Crippen molar-refractivity contribution in [1.82, 2.24) is 4.98 Å². The molecule has 3 heteroatoms. The average Bonchev–Trinajstić information content (AvgIpc) is 2.59. The summed E-state index contributed by atoms with van der Waals surface area (Å²) in [6.07, 6.45) is 1.98. The number of H-pyrrole nitrogens is 1. The van der Waals surface area contributed by atoms with Crippen molar-refractivity contribution in [3.05, 3.63) is 35.0 Å². The summed E-state index contributed by atoms with van der Waals surface area (Å²) in [6, 6.07) is 5.88. The SMILES string of the molecule is CC(C)C(N)c1c[nH]c2ccc(Cl)cc12. The molecule has 0 spiro atoms. The second-order valence-electron chi connectivity index (χ2n) is 4.20. The lowest BCUT2D eigenvalue weighted by molar-refractivity contribution is 0.517. The highest BCUT2D eigenvalue weighted by Crippen LogP contribution is 2.28. The number of aromatic nitrogens is 1. The van der Waals surface area contributed by atoms with Crippen LogP contribution >= 0.6 is 11.6 Å². The highest BCUT2D eigenvalue weighted by Gasteiger charge is 2.14. The van der Waals surface area contributed by atoms with Crippen molar-refractivity contribution in [1.29, 1.82) is 0 Å². The van der Waals surface area contributed by atoms with Crippen LogP contribution < -0.4 is 5.73 Å². The summed E-state index contributed by atoms with van der Waals surface area (Å²) < 4.78 is 0. The van der Waals surface area contributed by atoms with E-state index in [-0.39, 0.29) is 6.04 Å². The Bertz CT molecular complexity index is 473. The average molecular weight is 223 g/mol. The molecule has 0 bridgehead atoms. The molecule has 1 heterocycles. The molecule has 2 aromatic rings. The topological polar surface area (TPSA) is 41.8 Å². The zero-order chi connectivity index (χ0) is 11.0. The molecule has 80 valence electrons. The van der Waals surface area contributed by atoms with Gasteiger partial charge in [-0.2, -0.15) is 0 Å². The van der Waals surface area contributed by atoms with Gasteiger partial charge in [0, 0.05) is 28.2 Å². The first-order valence-electron chi connectivity index (χ1n) is 5.11. The van der Waals surface area contributed by atoms with Gasteiger partial charge in [-0.3, -0.25) is 0 Å². The van der Waals surface area contributed by atoms with Crippen LogP contribution in [0, 0.1) is 5.92 Å². The van der Waals surface area contributed by atoms with Crippen LogP contribution in [0.3, 0.4) is 0 Å². The van der Waals surface area contributed by atoms with Crippen LogP contribution in [-0.4, -0.2) is 4.98 Å². The van der Waals surface area contributed by atoms with E-state index in [0.29, 0.717) is 5.92 Å². The van der Waals surface area contributed by atoms with Gasteiger partial charge in [0.2, 0.25) is 0 Å². The standard InChI is InChI=1S/C12H15ClN2/c1-7(2)12(14)10-6-15-11-4-3-8(13)5-9(10)11/h3-7,12,15H,14H2,1-2H3. The van der Waals surface area contributed by atoms with Crippen molar-refractivity contribution in [2.24, 2.45) is 11.7 Å². The second-order valence-corrected chi connectivity index (χ2v) is 4.64. The lowest BCUT2D eigenvalue weighted by Gasteiger charge is -2.14. The quantitative estimate of drug-likeness (QED) is 0.803. The molecule has 0 aliphatic rings. The summed E-state index contributed by atoms with van der Waals surface area (Å²) in [5.74, 6) is 0.419. The maximum absolute atomic E-state index is 6.14. The molecular weight excluding hydrogens is 208 g/mol. The first-order chi connectivity index (χ1) is 7.09. The van der Waals surface area contributed by atoms with Gasteiger partial charge in [0.1, 0.15) is 0 Å². The number of fused-ring (bicyclic) bond motifs is 1.